The number of carbonyl (C=O) groups excluding carboxylic acids is 1. The van der Waals surface area contributed by atoms with Crippen molar-refractivity contribution in [3.63, 3.8) is 0 Å². The molecule has 26 heavy (non-hydrogen) atoms. The van der Waals surface area contributed by atoms with E-state index in [2.05, 4.69) is 16.0 Å². The predicted octanol–water partition coefficient (Wildman–Crippen LogP) is 2.97. The molecule has 1 fully saturated rings. The number of hydrogen-bond acceptors (Lipinski definition) is 5. The first-order valence-corrected chi connectivity index (χ1v) is 8.56. The number of fused-ring (bicyclic) bond motifs is 1. The van der Waals surface area contributed by atoms with Crippen molar-refractivity contribution in [3.05, 3.63) is 59.7 Å². The Labute approximate surface area is 151 Å². The number of piperazine rings is 1. The number of furan rings is 1. The third-order valence-electron chi connectivity index (χ3n) is 4.67. The maximum absolute atomic E-state index is 12.5. The van der Waals surface area contributed by atoms with Gasteiger partial charge in [-0.25, -0.2) is 4.98 Å². The molecule has 0 N–H and O–H groups in total. The van der Waals surface area contributed by atoms with Crippen LogP contribution in [0.5, 0.6) is 0 Å². The average Bonchev–Trinajstić information content (AvgIpc) is 3.13. The van der Waals surface area contributed by atoms with Crippen molar-refractivity contribution in [2.75, 3.05) is 31.1 Å². The molecule has 0 aliphatic carbocycles. The van der Waals surface area contributed by atoms with Crippen molar-refractivity contribution in [2.45, 2.75) is 6.92 Å². The largest absolute Gasteiger partial charge is 0.456 e. The highest BCUT2D eigenvalue weighted by atomic mass is 16.3. The summed E-state index contributed by atoms with van der Waals surface area (Å²) in [7, 11) is 0. The van der Waals surface area contributed by atoms with Gasteiger partial charge in [0.15, 0.2) is 5.76 Å². The summed E-state index contributed by atoms with van der Waals surface area (Å²) in [4.78, 5) is 20.9. The monoisotopic (exact) mass is 346 g/mol. The molecule has 0 atom stereocenters. The van der Waals surface area contributed by atoms with E-state index < -0.39 is 0 Å². The second kappa shape index (κ2) is 6.52. The molecule has 3 heterocycles. The third kappa shape index (κ3) is 2.88. The van der Waals surface area contributed by atoms with E-state index in [0.717, 1.165) is 22.4 Å². The van der Waals surface area contributed by atoms with E-state index in [9.17, 15) is 10.1 Å². The Balaban J connectivity index is 1.56. The second-order valence-electron chi connectivity index (χ2n) is 6.35. The topological polar surface area (TPSA) is 73.4 Å². The number of hydrogen-bond donors (Lipinski definition) is 0. The van der Waals surface area contributed by atoms with Crippen molar-refractivity contribution < 1.29 is 9.21 Å². The van der Waals surface area contributed by atoms with Gasteiger partial charge in [0.05, 0.1) is 5.52 Å². The predicted molar refractivity (Wildman–Crippen MR) is 98.0 cm³/mol. The maximum atomic E-state index is 12.5. The van der Waals surface area contributed by atoms with Crippen LogP contribution in [0.2, 0.25) is 0 Å². The average molecular weight is 346 g/mol. The summed E-state index contributed by atoms with van der Waals surface area (Å²) < 4.78 is 5.45. The minimum Gasteiger partial charge on any atom is -0.456 e. The SMILES string of the molecule is Cc1ccc(C(=O)N2CCN(c3cc(C#N)nc4ccccc34)CC2)o1. The van der Waals surface area contributed by atoms with Gasteiger partial charge in [0, 0.05) is 37.3 Å². The molecule has 1 saturated heterocycles. The number of amides is 1. The van der Waals surface area contributed by atoms with Gasteiger partial charge in [-0.3, -0.25) is 4.79 Å². The van der Waals surface area contributed by atoms with E-state index >= 15 is 0 Å². The van der Waals surface area contributed by atoms with Crippen LogP contribution in [0, 0.1) is 18.3 Å². The molecular weight excluding hydrogens is 328 g/mol. The Morgan fingerprint density at radius 2 is 1.92 bits per heavy atom. The minimum absolute atomic E-state index is 0.0740. The van der Waals surface area contributed by atoms with E-state index in [4.69, 9.17) is 4.42 Å². The minimum atomic E-state index is -0.0740. The highest BCUT2D eigenvalue weighted by molar-refractivity contribution is 5.93. The van der Waals surface area contributed by atoms with Gasteiger partial charge >= 0.3 is 0 Å². The van der Waals surface area contributed by atoms with Crippen LogP contribution >= 0.6 is 0 Å². The first-order valence-electron chi connectivity index (χ1n) is 8.56. The van der Waals surface area contributed by atoms with Crippen molar-refractivity contribution in [3.8, 4) is 6.07 Å². The van der Waals surface area contributed by atoms with E-state index in [1.54, 1.807) is 12.1 Å². The molecule has 3 aromatic rings. The Morgan fingerprint density at radius 1 is 1.15 bits per heavy atom. The van der Waals surface area contributed by atoms with Gasteiger partial charge < -0.3 is 14.2 Å². The normalized spacial score (nSPS) is 14.5. The molecule has 0 unspecified atom stereocenters. The van der Waals surface area contributed by atoms with Crippen LogP contribution in [0.1, 0.15) is 22.0 Å². The molecule has 6 heteroatoms. The van der Waals surface area contributed by atoms with Crippen LogP contribution < -0.4 is 4.90 Å². The van der Waals surface area contributed by atoms with E-state index in [1.165, 1.54) is 0 Å². The molecule has 0 spiro atoms. The lowest BCUT2D eigenvalue weighted by Crippen LogP contribution is -2.48. The molecule has 1 aliphatic rings. The standard InChI is InChI=1S/C20H18N4O2/c1-14-6-7-19(26-14)20(25)24-10-8-23(9-11-24)18-12-15(13-21)22-17-5-3-2-4-16(17)18/h2-7,12H,8-11H2,1H3. The summed E-state index contributed by atoms with van der Waals surface area (Å²) in [6, 6.07) is 15.3. The van der Waals surface area contributed by atoms with Crippen molar-refractivity contribution >= 4 is 22.5 Å². The summed E-state index contributed by atoms with van der Waals surface area (Å²) in [5.74, 6) is 1.05. The molecule has 1 aliphatic heterocycles. The lowest BCUT2D eigenvalue weighted by molar-refractivity contribution is 0.0713. The fourth-order valence-electron chi connectivity index (χ4n) is 3.33. The fraction of sp³-hybridized carbons (Fsp3) is 0.250. The first-order chi connectivity index (χ1) is 12.7. The molecule has 6 nitrogen and oxygen atoms in total. The van der Waals surface area contributed by atoms with Crippen LogP contribution in [-0.2, 0) is 0 Å². The Bertz CT molecular complexity index is 1010. The van der Waals surface area contributed by atoms with Gasteiger partial charge in [0.1, 0.15) is 17.5 Å². The number of aromatic nitrogens is 1. The smallest absolute Gasteiger partial charge is 0.289 e. The zero-order valence-corrected chi connectivity index (χ0v) is 14.5. The molecule has 0 radical (unpaired) electrons. The maximum Gasteiger partial charge on any atom is 0.289 e. The van der Waals surface area contributed by atoms with Crippen LogP contribution in [0.25, 0.3) is 10.9 Å². The Morgan fingerprint density at radius 3 is 2.62 bits per heavy atom. The van der Waals surface area contributed by atoms with Crippen LogP contribution in [0.3, 0.4) is 0 Å². The number of pyridine rings is 1. The van der Waals surface area contributed by atoms with Gasteiger partial charge in [-0.1, -0.05) is 18.2 Å². The number of nitrogens with zero attached hydrogens (tertiary/aromatic N) is 4. The third-order valence-corrected chi connectivity index (χ3v) is 4.67. The number of anilines is 1. The van der Waals surface area contributed by atoms with Crippen molar-refractivity contribution in [1.29, 1.82) is 5.26 Å². The van der Waals surface area contributed by atoms with E-state index in [0.29, 0.717) is 37.6 Å². The van der Waals surface area contributed by atoms with Gasteiger partial charge in [0.25, 0.3) is 5.91 Å². The van der Waals surface area contributed by atoms with Crippen LogP contribution in [0.4, 0.5) is 5.69 Å². The van der Waals surface area contributed by atoms with Crippen molar-refractivity contribution in [1.82, 2.24) is 9.88 Å². The molecule has 0 bridgehead atoms. The highest BCUT2D eigenvalue weighted by Gasteiger charge is 2.25. The zero-order chi connectivity index (χ0) is 18.1. The summed E-state index contributed by atoms with van der Waals surface area (Å²) in [6.45, 7) is 4.44. The lowest BCUT2D eigenvalue weighted by atomic mass is 10.1. The Kier molecular flexibility index (Phi) is 4.05. The van der Waals surface area contributed by atoms with E-state index in [1.807, 2.05) is 42.2 Å². The number of aryl methyl sites for hydroxylation is 1. The molecular formula is C20H18N4O2. The summed E-state index contributed by atoms with van der Waals surface area (Å²) in [6.07, 6.45) is 0. The molecule has 4 rings (SSSR count). The van der Waals surface area contributed by atoms with Crippen LogP contribution in [0.15, 0.2) is 46.9 Å². The lowest BCUT2D eigenvalue weighted by Gasteiger charge is -2.36. The molecule has 1 aromatic carbocycles. The van der Waals surface area contributed by atoms with Gasteiger partial charge in [-0.2, -0.15) is 5.26 Å². The van der Waals surface area contributed by atoms with Crippen LogP contribution in [-0.4, -0.2) is 42.0 Å². The number of nitriles is 1. The van der Waals surface area contributed by atoms with Gasteiger partial charge in [0.2, 0.25) is 0 Å². The number of carbonyl (C=O) groups is 1. The molecule has 130 valence electrons. The van der Waals surface area contributed by atoms with Gasteiger partial charge in [-0.05, 0) is 31.2 Å². The zero-order valence-electron chi connectivity index (χ0n) is 14.5. The first kappa shape index (κ1) is 16.2. The van der Waals surface area contributed by atoms with Gasteiger partial charge in [-0.15, -0.1) is 0 Å². The molecule has 2 aromatic heterocycles. The molecule has 0 saturated carbocycles. The fourth-order valence-corrected chi connectivity index (χ4v) is 3.33. The number of benzene rings is 1. The Hall–Kier alpha value is -3.33. The van der Waals surface area contributed by atoms with Crippen molar-refractivity contribution in [2.24, 2.45) is 0 Å². The summed E-state index contributed by atoms with van der Waals surface area (Å²) in [5.41, 5.74) is 2.21. The van der Waals surface area contributed by atoms with E-state index in [-0.39, 0.29) is 5.91 Å². The summed E-state index contributed by atoms with van der Waals surface area (Å²) in [5, 5.41) is 10.3. The quantitative estimate of drug-likeness (QED) is 0.713. The highest BCUT2D eigenvalue weighted by Crippen LogP contribution is 2.27. The summed E-state index contributed by atoms with van der Waals surface area (Å²) >= 11 is 0. The number of para-hydroxylation sites is 1. The molecule has 1 amide bonds. The second-order valence-corrected chi connectivity index (χ2v) is 6.35. The number of rotatable bonds is 2.